The Morgan fingerprint density at radius 2 is 0.920 bits per heavy atom. The van der Waals surface area contributed by atoms with Crippen molar-refractivity contribution >= 4 is 102 Å². The van der Waals surface area contributed by atoms with Crippen molar-refractivity contribution in [3.05, 3.63) is 0 Å². The molecule has 0 aromatic carbocycles. The minimum absolute atomic E-state index is 0.770. The molecule has 0 aromatic rings. The molecule has 25 heavy (non-hydrogen) atoms. The van der Waals surface area contributed by atoms with Gasteiger partial charge in [-0.25, -0.2) is 0 Å². The van der Waals surface area contributed by atoms with Crippen molar-refractivity contribution in [3.63, 3.8) is 0 Å². The zero-order valence-electron chi connectivity index (χ0n) is 14.7. The first-order valence-electron chi connectivity index (χ1n) is 8.98. The molecule has 0 radical (unpaired) electrons. The molecule has 4 rings (SSSR count). The van der Waals surface area contributed by atoms with Gasteiger partial charge in [0, 0.05) is 0 Å². The van der Waals surface area contributed by atoms with Gasteiger partial charge in [0.05, 0.1) is 0 Å². The summed E-state index contributed by atoms with van der Waals surface area (Å²) in [4.78, 5) is 0. The van der Waals surface area contributed by atoms with Crippen LogP contribution in [-0.2, 0) is 0 Å². The van der Waals surface area contributed by atoms with Crippen LogP contribution in [0.3, 0.4) is 0 Å². The van der Waals surface area contributed by atoms with E-state index in [-0.39, 0.29) is 0 Å². The molecule has 0 aliphatic carbocycles. The molecule has 0 aromatic heterocycles. The van der Waals surface area contributed by atoms with Crippen LogP contribution in [0.15, 0.2) is 0 Å². The number of thioether (sulfide) groups is 4. The molecule has 0 spiro atoms. The van der Waals surface area contributed by atoms with Crippen LogP contribution in [0.5, 0.6) is 0 Å². The average molecular weight is 618 g/mol. The summed E-state index contributed by atoms with van der Waals surface area (Å²) in [5, 5.41) is 0.770. The van der Waals surface area contributed by atoms with E-state index in [1.807, 2.05) is 0 Å². The summed E-state index contributed by atoms with van der Waals surface area (Å²) in [5.41, 5.74) is 0. The second-order valence-electron chi connectivity index (χ2n) is 6.68. The molecule has 146 valence electrons. The quantitative estimate of drug-likeness (QED) is 0.223. The zero-order valence-corrected chi connectivity index (χ0v) is 24.6. The Morgan fingerprint density at radius 3 is 1.08 bits per heavy atom. The molecule has 10 heteroatoms. The first-order chi connectivity index (χ1) is 12.0. The molecule has 0 amide bonds. The van der Waals surface area contributed by atoms with E-state index in [9.17, 15) is 0 Å². The van der Waals surface area contributed by atoms with Crippen molar-refractivity contribution in [3.8, 4) is 0 Å². The fourth-order valence-electron chi connectivity index (χ4n) is 2.55. The predicted octanol–water partition coefficient (Wildman–Crippen LogP) is 7.80. The van der Waals surface area contributed by atoms with Crippen LogP contribution in [0.1, 0.15) is 39.5 Å². The second kappa shape index (κ2) is 9.63. The van der Waals surface area contributed by atoms with Crippen molar-refractivity contribution in [1.29, 1.82) is 0 Å². The Labute approximate surface area is 185 Å². The van der Waals surface area contributed by atoms with Gasteiger partial charge in [-0.2, -0.15) is 0 Å². The third-order valence-electron chi connectivity index (χ3n) is 4.17. The minimum atomic E-state index is -3.06. The van der Waals surface area contributed by atoms with Crippen LogP contribution >= 0.6 is 91.3 Å². The summed E-state index contributed by atoms with van der Waals surface area (Å²) in [6, 6.07) is 0. The third kappa shape index (κ3) is 5.61. The maximum absolute atomic E-state index is 3.06. The summed E-state index contributed by atoms with van der Waals surface area (Å²) < 4.78 is 3.61. The maximum atomic E-state index is 2.56. The van der Waals surface area contributed by atoms with E-state index in [4.69, 9.17) is 0 Å². The van der Waals surface area contributed by atoms with Gasteiger partial charge < -0.3 is 0 Å². The number of rotatable bonds is 10. The Bertz CT molecular complexity index is 384. The molecule has 4 heterocycles. The molecular formula is C15H27S9Sb. The Morgan fingerprint density at radius 1 is 0.640 bits per heavy atom. The standard InChI is InChI=1S/4C3H6S2.C3H8S.Sb/c4*4-3-1-2-5-3;1-3(2)4;/h4*3-4H,1-2H2;3-4H,1-2H3;/q;;;;;+5/p-5. The molecule has 0 bridgehead atoms. The van der Waals surface area contributed by atoms with Crippen molar-refractivity contribution in [2.45, 2.75) is 63.1 Å². The van der Waals surface area contributed by atoms with Crippen molar-refractivity contribution in [2.24, 2.45) is 0 Å². The molecule has 4 unspecified atom stereocenters. The van der Waals surface area contributed by atoms with Gasteiger partial charge in [0.25, 0.3) is 0 Å². The van der Waals surface area contributed by atoms with E-state index in [0.29, 0.717) is 0 Å². The van der Waals surface area contributed by atoms with Gasteiger partial charge in [0.1, 0.15) is 0 Å². The van der Waals surface area contributed by atoms with E-state index < -0.39 is 10.4 Å². The second-order valence-corrected chi connectivity index (χ2v) is 70.7. The fourth-order valence-corrected chi connectivity index (χ4v) is 133. The van der Waals surface area contributed by atoms with E-state index in [1.165, 1.54) is 48.7 Å². The van der Waals surface area contributed by atoms with Crippen molar-refractivity contribution in [2.75, 3.05) is 23.0 Å². The summed E-state index contributed by atoms with van der Waals surface area (Å²) in [6.45, 7) is 4.95. The normalized spacial score (nSPS) is 36.5. The van der Waals surface area contributed by atoms with Crippen LogP contribution < -0.4 is 0 Å². The average Bonchev–Trinajstić information content (AvgIpc) is 2.39. The fraction of sp³-hybridized carbons (Fsp3) is 1.00. The van der Waals surface area contributed by atoms with Crippen LogP contribution in [0.2, 0.25) is 0 Å². The summed E-state index contributed by atoms with van der Waals surface area (Å²) in [7, 11) is 9.70. The molecular weight excluding hydrogens is 591 g/mol. The Balaban J connectivity index is 1.64. The van der Waals surface area contributed by atoms with Crippen LogP contribution in [0, 0.1) is 0 Å². The first kappa shape index (κ1) is 22.2. The molecule has 4 saturated heterocycles. The number of hydrogen-bond acceptors (Lipinski definition) is 9. The molecule has 0 nitrogen and oxygen atoms in total. The topological polar surface area (TPSA) is 0 Å². The van der Waals surface area contributed by atoms with Gasteiger partial charge >= 0.3 is 188 Å². The van der Waals surface area contributed by atoms with Gasteiger partial charge in [-0.05, 0) is 0 Å². The van der Waals surface area contributed by atoms with Gasteiger partial charge in [0.2, 0.25) is 0 Å². The van der Waals surface area contributed by atoms with E-state index in [2.05, 4.69) is 105 Å². The Kier molecular flexibility index (Phi) is 8.54. The van der Waals surface area contributed by atoms with Crippen LogP contribution in [0.4, 0.5) is 0 Å². The summed E-state index contributed by atoms with van der Waals surface area (Å²) in [5.74, 6) is 5.62. The van der Waals surface area contributed by atoms with Crippen molar-refractivity contribution in [1.82, 2.24) is 0 Å². The van der Waals surface area contributed by atoms with Crippen LogP contribution in [0.25, 0.3) is 0 Å². The first-order valence-corrected chi connectivity index (χ1v) is 33.0. The van der Waals surface area contributed by atoms with E-state index >= 15 is 0 Å². The number of hydrogen-bond donors (Lipinski definition) is 0. The third-order valence-corrected chi connectivity index (χ3v) is 82.1. The molecule has 4 fully saturated rings. The van der Waals surface area contributed by atoms with Gasteiger partial charge in [0.15, 0.2) is 0 Å². The SMILES string of the molecule is CC(C)[S][Sb]([S]C1CCS1)([S]C1CCS1)([S]C1CCS1)[S]C1CCS1. The van der Waals surface area contributed by atoms with Crippen molar-refractivity contribution < 1.29 is 0 Å². The van der Waals surface area contributed by atoms with E-state index in [1.54, 1.807) is 0 Å². The van der Waals surface area contributed by atoms with E-state index in [0.717, 1.165) is 23.6 Å². The molecule has 4 aliphatic rings. The van der Waals surface area contributed by atoms with Gasteiger partial charge in [-0.3, -0.25) is 0 Å². The van der Waals surface area contributed by atoms with Crippen LogP contribution in [-0.4, -0.2) is 57.0 Å². The monoisotopic (exact) mass is 616 g/mol. The van der Waals surface area contributed by atoms with Gasteiger partial charge in [-0.1, -0.05) is 0 Å². The molecule has 0 saturated carbocycles. The molecule has 0 N–H and O–H groups in total. The van der Waals surface area contributed by atoms with Gasteiger partial charge in [-0.15, -0.1) is 0 Å². The summed E-state index contributed by atoms with van der Waals surface area (Å²) in [6.07, 6.45) is 5.85. The molecule has 4 aliphatic heterocycles. The Hall–Kier alpha value is 3.97. The summed E-state index contributed by atoms with van der Waals surface area (Å²) >= 11 is 9.02. The predicted molar refractivity (Wildman–Crippen MR) is 142 cm³/mol. The zero-order chi connectivity index (χ0) is 17.4. The molecule has 4 atom stereocenters.